The van der Waals surface area contributed by atoms with Gasteiger partial charge in [-0.15, -0.1) is 13.2 Å². The van der Waals surface area contributed by atoms with Crippen molar-refractivity contribution in [2.24, 2.45) is 0 Å². The number of amides is 2. The largest absolute Gasteiger partial charge is 0.573 e. The van der Waals surface area contributed by atoms with Crippen molar-refractivity contribution >= 4 is 11.7 Å². The lowest BCUT2D eigenvalue weighted by atomic mass is 9.85. The van der Waals surface area contributed by atoms with Gasteiger partial charge in [0.15, 0.2) is 11.8 Å². The molecule has 0 aromatic heterocycles. The fourth-order valence-electron chi connectivity index (χ4n) is 4.35. The molecule has 14 heteroatoms. The minimum atomic E-state index is -4.86. The molecule has 2 amide bonds. The second kappa shape index (κ2) is 10.5. The molecule has 2 heterocycles. The maximum atomic E-state index is 14.0. The molecule has 2 aliphatic heterocycles. The zero-order chi connectivity index (χ0) is 27.7. The summed E-state index contributed by atoms with van der Waals surface area (Å²) in [5.74, 6) is -1.61. The van der Waals surface area contributed by atoms with Crippen LogP contribution in [0.4, 0.5) is 41.2 Å². The predicted molar refractivity (Wildman–Crippen MR) is 120 cm³/mol. The quantitative estimate of drug-likeness (QED) is 0.409. The van der Waals surface area contributed by atoms with Crippen LogP contribution in [0.15, 0.2) is 42.5 Å². The molecule has 0 saturated carbocycles. The summed E-state index contributed by atoms with van der Waals surface area (Å²) in [6, 6.07) is 5.68. The first-order valence-corrected chi connectivity index (χ1v) is 11.6. The molecule has 38 heavy (non-hydrogen) atoms. The van der Waals surface area contributed by atoms with E-state index in [0.717, 1.165) is 30.3 Å². The molecular weight excluding hydrogens is 527 g/mol. The van der Waals surface area contributed by atoms with Crippen molar-refractivity contribution in [3.63, 3.8) is 0 Å². The maximum absolute atomic E-state index is 14.0. The molecule has 7 nitrogen and oxygen atoms in total. The summed E-state index contributed by atoms with van der Waals surface area (Å²) in [5.41, 5.74) is -3.03. The van der Waals surface area contributed by atoms with Gasteiger partial charge in [-0.3, -0.25) is 5.32 Å². The molecule has 4 rings (SSSR count). The Labute approximate surface area is 212 Å². The lowest BCUT2D eigenvalue weighted by Gasteiger charge is -2.44. The first-order valence-electron chi connectivity index (χ1n) is 11.6. The van der Waals surface area contributed by atoms with Crippen LogP contribution in [-0.2, 0) is 10.3 Å². The van der Waals surface area contributed by atoms with Gasteiger partial charge in [0.25, 0.3) is 0 Å². The summed E-state index contributed by atoms with van der Waals surface area (Å²) in [5, 5.41) is 8.21. The van der Waals surface area contributed by atoms with Gasteiger partial charge in [0.05, 0.1) is 12.6 Å². The fourth-order valence-corrected chi connectivity index (χ4v) is 4.35. The smallest absolute Gasteiger partial charge is 0.473 e. The van der Waals surface area contributed by atoms with Gasteiger partial charge in [0.1, 0.15) is 17.3 Å². The number of piperidine rings is 1. The Hall–Kier alpha value is -3.26. The number of rotatable bonds is 6. The van der Waals surface area contributed by atoms with Gasteiger partial charge in [-0.1, -0.05) is 0 Å². The number of hydrogen-bond acceptors (Lipinski definition) is 5. The lowest BCUT2D eigenvalue weighted by molar-refractivity contribution is -0.334. The van der Waals surface area contributed by atoms with Crippen LogP contribution in [-0.4, -0.2) is 43.5 Å². The third kappa shape index (κ3) is 6.23. The van der Waals surface area contributed by atoms with Gasteiger partial charge in [0.2, 0.25) is 0 Å². The van der Waals surface area contributed by atoms with E-state index in [1.165, 1.54) is 12.1 Å². The standard InChI is InChI=1S/C24H24F7N3O4/c1-13-2-8-18(34-21(35)33-15-4-6-16(7-5-15)38-24(29,30)31)20(32-13)37-19-9-3-14(25)12-17(19)22(10-11-36-22)23(26,27)28/h3-7,9,12-13,18,20,32H,2,8,10-11H2,1H3,(H2,33,34,35). The van der Waals surface area contributed by atoms with Crippen molar-refractivity contribution < 1.29 is 49.7 Å². The number of urea groups is 1. The molecule has 4 atom stereocenters. The van der Waals surface area contributed by atoms with Crippen LogP contribution in [0.25, 0.3) is 0 Å². The average molecular weight is 551 g/mol. The number of hydrogen-bond donors (Lipinski definition) is 3. The van der Waals surface area contributed by atoms with Gasteiger partial charge >= 0.3 is 18.6 Å². The van der Waals surface area contributed by atoms with Crippen molar-refractivity contribution in [3.8, 4) is 11.5 Å². The van der Waals surface area contributed by atoms with Gasteiger partial charge in [-0.25, -0.2) is 9.18 Å². The molecule has 3 N–H and O–H groups in total. The SMILES string of the molecule is CC1CCC(NC(=O)Nc2ccc(OC(F)(F)F)cc2)C(Oc2ccc(F)cc2C2(C(F)(F)F)CCO2)N1. The molecule has 2 aromatic rings. The van der Waals surface area contributed by atoms with Crippen molar-refractivity contribution in [3.05, 3.63) is 53.8 Å². The first-order chi connectivity index (χ1) is 17.8. The second-order valence-electron chi connectivity index (χ2n) is 9.02. The van der Waals surface area contributed by atoms with Crippen LogP contribution in [0.3, 0.4) is 0 Å². The Balaban J connectivity index is 1.48. The minimum absolute atomic E-state index is 0.109. The van der Waals surface area contributed by atoms with E-state index in [2.05, 4.69) is 20.7 Å². The van der Waals surface area contributed by atoms with Crippen molar-refractivity contribution in [2.45, 2.75) is 62.6 Å². The molecule has 4 unspecified atom stereocenters. The third-order valence-corrected chi connectivity index (χ3v) is 6.28. The molecule has 0 spiro atoms. The molecule has 2 saturated heterocycles. The van der Waals surface area contributed by atoms with E-state index in [1.807, 2.05) is 6.92 Å². The fraction of sp³-hybridized carbons (Fsp3) is 0.458. The molecule has 2 fully saturated rings. The number of alkyl halides is 6. The van der Waals surface area contributed by atoms with Gasteiger partial charge < -0.3 is 24.8 Å². The van der Waals surface area contributed by atoms with E-state index in [9.17, 15) is 35.5 Å². The Bertz CT molecular complexity index is 1140. The number of nitrogens with one attached hydrogen (secondary N) is 3. The van der Waals surface area contributed by atoms with Crippen LogP contribution >= 0.6 is 0 Å². The normalized spacial score (nSPS) is 25.7. The molecule has 2 aromatic carbocycles. The summed E-state index contributed by atoms with van der Waals surface area (Å²) >= 11 is 0. The maximum Gasteiger partial charge on any atom is 0.573 e. The third-order valence-electron chi connectivity index (χ3n) is 6.28. The Kier molecular flexibility index (Phi) is 7.66. The van der Waals surface area contributed by atoms with Crippen molar-refractivity contribution in [1.29, 1.82) is 0 Å². The molecule has 2 aliphatic rings. The minimum Gasteiger partial charge on any atom is -0.473 e. The summed E-state index contributed by atoms with van der Waals surface area (Å²) < 4.78 is 107. The molecule has 0 aliphatic carbocycles. The first kappa shape index (κ1) is 27.8. The molecular formula is C24H24F7N3O4. The highest BCUT2D eigenvalue weighted by Gasteiger charge is 2.62. The van der Waals surface area contributed by atoms with E-state index < -0.39 is 60.0 Å². The number of carbonyl (C=O) groups is 1. The van der Waals surface area contributed by atoms with Gasteiger partial charge in [-0.2, -0.15) is 13.2 Å². The Morgan fingerprint density at radius 2 is 1.76 bits per heavy atom. The lowest BCUT2D eigenvalue weighted by Crippen LogP contribution is -2.59. The summed E-state index contributed by atoms with van der Waals surface area (Å²) in [7, 11) is 0. The van der Waals surface area contributed by atoms with E-state index in [0.29, 0.717) is 12.8 Å². The number of halogens is 7. The van der Waals surface area contributed by atoms with E-state index in [1.54, 1.807) is 0 Å². The number of carbonyl (C=O) groups excluding carboxylic acids is 1. The van der Waals surface area contributed by atoms with Crippen LogP contribution in [0.2, 0.25) is 0 Å². The molecule has 0 radical (unpaired) electrons. The summed E-state index contributed by atoms with van der Waals surface area (Å²) in [4.78, 5) is 12.6. The molecule has 0 bridgehead atoms. The van der Waals surface area contributed by atoms with E-state index >= 15 is 0 Å². The van der Waals surface area contributed by atoms with Crippen LogP contribution in [0, 0.1) is 5.82 Å². The topological polar surface area (TPSA) is 80.9 Å². The van der Waals surface area contributed by atoms with Gasteiger partial charge in [0, 0.05) is 23.7 Å². The van der Waals surface area contributed by atoms with Crippen LogP contribution in [0.5, 0.6) is 11.5 Å². The zero-order valence-electron chi connectivity index (χ0n) is 19.9. The average Bonchev–Trinajstić information content (AvgIpc) is 2.76. The summed E-state index contributed by atoms with van der Waals surface area (Å²) in [6.45, 7) is 1.68. The van der Waals surface area contributed by atoms with E-state index in [4.69, 9.17) is 9.47 Å². The van der Waals surface area contributed by atoms with E-state index in [-0.39, 0.29) is 24.1 Å². The monoisotopic (exact) mass is 551 g/mol. The molecule has 208 valence electrons. The number of benzene rings is 2. The highest BCUT2D eigenvalue weighted by molar-refractivity contribution is 5.89. The van der Waals surface area contributed by atoms with Crippen LogP contribution in [0.1, 0.15) is 31.7 Å². The highest BCUT2D eigenvalue weighted by Crippen LogP contribution is 2.53. The Morgan fingerprint density at radius 3 is 2.34 bits per heavy atom. The second-order valence-corrected chi connectivity index (χ2v) is 9.02. The zero-order valence-corrected chi connectivity index (χ0v) is 19.9. The van der Waals surface area contributed by atoms with Gasteiger partial charge in [-0.05, 0) is 62.2 Å². The number of anilines is 1. The summed E-state index contributed by atoms with van der Waals surface area (Å²) in [6.07, 6.45) is -10.1. The van der Waals surface area contributed by atoms with Crippen molar-refractivity contribution in [2.75, 3.05) is 11.9 Å². The predicted octanol–water partition coefficient (Wildman–Crippen LogP) is 5.57. The van der Waals surface area contributed by atoms with Crippen molar-refractivity contribution in [1.82, 2.24) is 10.6 Å². The highest BCUT2D eigenvalue weighted by atomic mass is 19.4. The number of ether oxygens (including phenoxy) is 3. The Morgan fingerprint density at radius 1 is 1.08 bits per heavy atom. The van der Waals surface area contributed by atoms with Crippen LogP contribution < -0.4 is 25.4 Å².